The zero-order chi connectivity index (χ0) is 23.0. The Kier molecular flexibility index (Phi) is 6.51. The predicted molar refractivity (Wildman–Crippen MR) is 106 cm³/mol. The fourth-order valence-corrected chi connectivity index (χ4v) is 4.21. The number of nitrogens with one attached hydrogen (secondary N) is 1. The van der Waals surface area contributed by atoms with Gasteiger partial charge in [0.15, 0.2) is 0 Å². The van der Waals surface area contributed by atoms with Crippen LogP contribution >= 0.6 is 23.2 Å². The quantitative estimate of drug-likeness (QED) is 0.520. The summed E-state index contributed by atoms with van der Waals surface area (Å²) in [6.45, 7) is 0.952. The van der Waals surface area contributed by atoms with Gasteiger partial charge in [-0.05, 0) is 37.3 Å². The van der Waals surface area contributed by atoms with Crippen LogP contribution in [-0.2, 0) is 32.3 Å². The maximum absolute atomic E-state index is 13.0. The average molecular weight is 496 g/mol. The Morgan fingerprint density at radius 1 is 1.23 bits per heavy atom. The van der Waals surface area contributed by atoms with Crippen molar-refractivity contribution < 1.29 is 31.1 Å². The summed E-state index contributed by atoms with van der Waals surface area (Å²) in [5.74, 6) is -0.941. The fourth-order valence-electron chi connectivity index (χ4n) is 2.59. The zero-order valence-electron chi connectivity index (χ0n) is 15.7. The highest BCUT2D eigenvalue weighted by Crippen LogP contribution is 2.35. The van der Waals surface area contributed by atoms with E-state index in [2.05, 4.69) is 4.98 Å². The standard InChI is InChI=1S/C18H14Cl2F3N3O4S/c1-10(17(27)30-9-12-8-26-7-11(19)2-5-16(26)24-12)25-31(28,29)13-3-4-15(20)14(6-13)18(21,22)23/h2-8,10,25H,9H2,1H3. The number of imidazole rings is 1. The Bertz CT molecular complexity index is 1250. The highest BCUT2D eigenvalue weighted by atomic mass is 35.5. The Labute approximate surface area is 184 Å². The van der Waals surface area contributed by atoms with Gasteiger partial charge in [-0.15, -0.1) is 0 Å². The molecule has 13 heteroatoms. The molecular weight excluding hydrogens is 482 g/mol. The number of hydrogen-bond acceptors (Lipinski definition) is 5. The van der Waals surface area contributed by atoms with Gasteiger partial charge < -0.3 is 9.14 Å². The van der Waals surface area contributed by atoms with Crippen molar-refractivity contribution in [2.45, 2.75) is 30.6 Å². The lowest BCUT2D eigenvalue weighted by molar-refractivity contribution is -0.146. The highest BCUT2D eigenvalue weighted by Gasteiger charge is 2.35. The van der Waals surface area contributed by atoms with E-state index in [1.54, 1.807) is 28.9 Å². The Balaban J connectivity index is 1.68. The molecule has 0 amide bonds. The number of esters is 1. The molecule has 3 aromatic rings. The number of rotatable bonds is 6. The van der Waals surface area contributed by atoms with Gasteiger partial charge in [0.2, 0.25) is 10.0 Å². The molecule has 7 nitrogen and oxygen atoms in total. The third-order valence-electron chi connectivity index (χ3n) is 4.07. The third-order valence-corrected chi connectivity index (χ3v) is 6.16. The number of hydrogen-bond donors (Lipinski definition) is 1. The van der Waals surface area contributed by atoms with Crippen LogP contribution in [-0.4, -0.2) is 29.8 Å². The molecule has 1 atom stereocenters. The third kappa shape index (κ3) is 5.48. The summed E-state index contributed by atoms with van der Waals surface area (Å²) in [5, 5.41) is -0.167. The lowest BCUT2D eigenvalue weighted by atomic mass is 10.2. The fraction of sp³-hybridized carbons (Fsp3) is 0.222. The van der Waals surface area contributed by atoms with Crippen LogP contribution in [0.4, 0.5) is 13.2 Å². The second-order valence-electron chi connectivity index (χ2n) is 6.44. The monoisotopic (exact) mass is 495 g/mol. The van der Waals surface area contributed by atoms with Crippen molar-refractivity contribution in [3.05, 3.63) is 64.0 Å². The normalized spacial score (nSPS) is 13.4. The summed E-state index contributed by atoms with van der Waals surface area (Å²) < 4.78 is 72.4. The maximum atomic E-state index is 13.0. The van der Waals surface area contributed by atoms with E-state index in [4.69, 9.17) is 27.9 Å². The molecular formula is C18H14Cl2F3N3O4S. The lowest BCUT2D eigenvalue weighted by Crippen LogP contribution is -2.39. The van der Waals surface area contributed by atoms with Crippen molar-refractivity contribution in [1.82, 2.24) is 14.1 Å². The molecule has 0 saturated heterocycles. The molecule has 0 aliphatic carbocycles. The second-order valence-corrected chi connectivity index (χ2v) is 8.99. The Morgan fingerprint density at radius 2 is 1.94 bits per heavy atom. The summed E-state index contributed by atoms with van der Waals surface area (Å²) in [7, 11) is -4.46. The number of sulfonamides is 1. The second kappa shape index (κ2) is 8.65. The van der Waals surface area contributed by atoms with Gasteiger partial charge in [-0.25, -0.2) is 13.4 Å². The lowest BCUT2D eigenvalue weighted by Gasteiger charge is -2.15. The molecule has 2 heterocycles. The summed E-state index contributed by atoms with van der Waals surface area (Å²) in [5.41, 5.74) is -0.357. The molecule has 0 aliphatic heterocycles. The van der Waals surface area contributed by atoms with Crippen LogP contribution in [0.3, 0.4) is 0 Å². The van der Waals surface area contributed by atoms with Gasteiger partial charge in [-0.3, -0.25) is 4.79 Å². The number of nitrogens with zero attached hydrogens (tertiary/aromatic N) is 2. The molecule has 0 spiro atoms. The number of fused-ring (bicyclic) bond motifs is 1. The largest absolute Gasteiger partial charge is 0.458 e. The molecule has 1 N–H and O–H groups in total. The number of ether oxygens (including phenoxy) is 1. The molecule has 31 heavy (non-hydrogen) atoms. The minimum Gasteiger partial charge on any atom is -0.458 e. The molecule has 0 bridgehead atoms. The summed E-state index contributed by atoms with van der Waals surface area (Å²) >= 11 is 11.4. The van der Waals surface area contributed by atoms with Crippen molar-refractivity contribution in [3.63, 3.8) is 0 Å². The minimum absolute atomic E-state index is 0.247. The molecule has 3 rings (SSSR count). The first-order valence-electron chi connectivity index (χ1n) is 8.55. The number of alkyl halides is 3. The summed E-state index contributed by atoms with van der Waals surface area (Å²) in [4.78, 5) is 15.7. The van der Waals surface area contributed by atoms with Crippen LogP contribution in [0.1, 0.15) is 18.2 Å². The molecule has 2 aromatic heterocycles. The molecule has 0 aliphatic rings. The van der Waals surface area contributed by atoms with Crippen LogP contribution in [0.25, 0.3) is 5.65 Å². The van der Waals surface area contributed by atoms with E-state index in [0.717, 1.165) is 12.1 Å². The SMILES string of the molecule is CC(NS(=O)(=O)c1ccc(Cl)c(C(F)(F)F)c1)C(=O)OCc1cn2cc(Cl)ccc2n1. The molecule has 0 saturated carbocycles. The van der Waals surface area contributed by atoms with Crippen LogP contribution in [0.2, 0.25) is 10.0 Å². The van der Waals surface area contributed by atoms with Crippen molar-refractivity contribution >= 4 is 44.8 Å². The zero-order valence-corrected chi connectivity index (χ0v) is 18.0. The number of pyridine rings is 1. The van der Waals surface area contributed by atoms with Gasteiger partial charge in [0.25, 0.3) is 0 Å². The Morgan fingerprint density at radius 3 is 2.61 bits per heavy atom. The van der Waals surface area contributed by atoms with Gasteiger partial charge in [0, 0.05) is 12.4 Å². The predicted octanol–water partition coefficient (Wildman–Crippen LogP) is 4.07. The van der Waals surface area contributed by atoms with E-state index in [-0.39, 0.29) is 6.61 Å². The van der Waals surface area contributed by atoms with Crippen LogP contribution in [0, 0.1) is 0 Å². The van der Waals surface area contributed by atoms with Gasteiger partial charge >= 0.3 is 12.1 Å². The minimum atomic E-state index is -4.84. The first-order chi connectivity index (χ1) is 14.4. The Hall–Kier alpha value is -2.34. The van der Waals surface area contributed by atoms with Crippen molar-refractivity contribution in [3.8, 4) is 0 Å². The van der Waals surface area contributed by atoms with Crippen LogP contribution < -0.4 is 4.72 Å². The van der Waals surface area contributed by atoms with Crippen molar-refractivity contribution in [1.29, 1.82) is 0 Å². The summed E-state index contributed by atoms with van der Waals surface area (Å²) in [6.07, 6.45) is -1.66. The number of halogens is 5. The smallest absolute Gasteiger partial charge is 0.417 e. The maximum Gasteiger partial charge on any atom is 0.417 e. The van der Waals surface area contributed by atoms with Gasteiger partial charge in [0.05, 0.1) is 26.2 Å². The molecule has 1 aromatic carbocycles. The van der Waals surface area contributed by atoms with Gasteiger partial charge in [-0.2, -0.15) is 17.9 Å². The molecule has 166 valence electrons. The van der Waals surface area contributed by atoms with Gasteiger partial charge in [-0.1, -0.05) is 23.2 Å². The topological polar surface area (TPSA) is 89.8 Å². The highest BCUT2D eigenvalue weighted by molar-refractivity contribution is 7.89. The van der Waals surface area contributed by atoms with E-state index in [9.17, 15) is 26.4 Å². The van der Waals surface area contributed by atoms with Crippen LogP contribution in [0.15, 0.2) is 47.6 Å². The molecule has 0 fully saturated rings. The van der Waals surface area contributed by atoms with E-state index in [0.29, 0.717) is 22.4 Å². The molecule has 1 unspecified atom stereocenters. The number of carbonyl (C=O) groups excluding carboxylic acids is 1. The van der Waals surface area contributed by atoms with E-state index in [1.165, 1.54) is 6.92 Å². The first kappa shape index (κ1) is 23.3. The van der Waals surface area contributed by atoms with Crippen LogP contribution in [0.5, 0.6) is 0 Å². The van der Waals surface area contributed by atoms with E-state index < -0.39 is 43.7 Å². The number of aromatic nitrogens is 2. The summed E-state index contributed by atoms with van der Waals surface area (Å²) in [6, 6.07) is 4.03. The number of carbonyl (C=O) groups is 1. The number of benzene rings is 1. The first-order valence-corrected chi connectivity index (χ1v) is 10.8. The van der Waals surface area contributed by atoms with E-state index >= 15 is 0 Å². The van der Waals surface area contributed by atoms with Crippen molar-refractivity contribution in [2.24, 2.45) is 0 Å². The van der Waals surface area contributed by atoms with E-state index in [1.807, 2.05) is 4.72 Å². The molecule has 0 radical (unpaired) electrons. The average Bonchev–Trinajstić information content (AvgIpc) is 3.06. The van der Waals surface area contributed by atoms with Gasteiger partial charge in [0.1, 0.15) is 18.3 Å². The van der Waals surface area contributed by atoms with Crippen molar-refractivity contribution in [2.75, 3.05) is 0 Å².